The van der Waals surface area contributed by atoms with Crippen LogP contribution in [0.25, 0.3) is 10.8 Å². The third kappa shape index (κ3) is 4.32. The van der Waals surface area contributed by atoms with E-state index in [-0.39, 0.29) is 60.4 Å². The van der Waals surface area contributed by atoms with Gasteiger partial charge in [0.15, 0.2) is 0 Å². The first-order valence-electron chi connectivity index (χ1n) is 10.8. The van der Waals surface area contributed by atoms with Crippen molar-refractivity contribution in [2.24, 2.45) is 0 Å². The van der Waals surface area contributed by atoms with Gasteiger partial charge in [-0.15, -0.1) is 0 Å². The fraction of sp³-hybridized carbons (Fsp3) is 0.545. The standard InChI is InChI=1S/C22H30N2O6S2/c1-15-11-23(12-16(2)29-15)31(25,26)21-9-5-8-20-19(21)7-6-10-22(20)32(27,28)24-13-17(3)30-18(4)14-24/h5-10,15-18H,11-14H2,1-4H3/t15-,16-,17-,18+/m1/s1. The normalized spacial score (nSPS) is 28.8. The van der Waals surface area contributed by atoms with Gasteiger partial charge in [0.2, 0.25) is 20.0 Å². The zero-order chi connectivity index (χ0) is 23.3. The Labute approximate surface area is 190 Å². The van der Waals surface area contributed by atoms with E-state index < -0.39 is 20.0 Å². The molecule has 2 aromatic carbocycles. The number of nitrogens with zero attached hydrogens (tertiary/aromatic N) is 2. The number of hydrogen-bond acceptors (Lipinski definition) is 6. The largest absolute Gasteiger partial charge is 0.373 e. The van der Waals surface area contributed by atoms with Crippen LogP contribution < -0.4 is 0 Å². The number of morpholine rings is 2. The van der Waals surface area contributed by atoms with Crippen LogP contribution in [-0.4, -0.2) is 76.0 Å². The van der Waals surface area contributed by atoms with E-state index in [4.69, 9.17) is 9.47 Å². The molecule has 8 nitrogen and oxygen atoms in total. The van der Waals surface area contributed by atoms with Gasteiger partial charge < -0.3 is 9.47 Å². The van der Waals surface area contributed by atoms with E-state index in [9.17, 15) is 16.8 Å². The van der Waals surface area contributed by atoms with Crippen LogP contribution in [-0.2, 0) is 29.5 Å². The maximum Gasteiger partial charge on any atom is 0.243 e. The summed E-state index contributed by atoms with van der Waals surface area (Å²) in [6.07, 6.45) is -0.871. The molecule has 0 saturated carbocycles. The van der Waals surface area contributed by atoms with Crippen molar-refractivity contribution in [2.45, 2.75) is 61.9 Å². The lowest BCUT2D eigenvalue weighted by Crippen LogP contribution is -2.48. The van der Waals surface area contributed by atoms with Crippen LogP contribution in [0.15, 0.2) is 46.2 Å². The molecule has 10 heteroatoms. The van der Waals surface area contributed by atoms with Gasteiger partial charge in [0.25, 0.3) is 0 Å². The van der Waals surface area contributed by atoms with Gasteiger partial charge in [-0.1, -0.05) is 24.3 Å². The molecule has 4 rings (SSSR count). The average molecular weight is 483 g/mol. The Morgan fingerprint density at radius 1 is 0.625 bits per heavy atom. The van der Waals surface area contributed by atoms with Crippen molar-refractivity contribution < 1.29 is 26.3 Å². The van der Waals surface area contributed by atoms with Crippen LogP contribution >= 0.6 is 0 Å². The third-order valence-corrected chi connectivity index (χ3v) is 9.63. The zero-order valence-electron chi connectivity index (χ0n) is 18.8. The van der Waals surface area contributed by atoms with Crippen LogP contribution in [0.5, 0.6) is 0 Å². The minimum Gasteiger partial charge on any atom is -0.373 e. The van der Waals surface area contributed by atoms with Gasteiger partial charge in [-0.3, -0.25) is 0 Å². The smallest absolute Gasteiger partial charge is 0.243 e. The Hall–Kier alpha value is -1.56. The summed E-state index contributed by atoms with van der Waals surface area (Å²) in [6.45, 7) is 8.39. The number of ether oxygens (including phenoxy) is 2. The summed E-state index contributed by atoms with van der Waals surface area (Å²) in [7, 11) is -7.67. The molecule has 0 spiro atoms. The van der Waals surface area contributed by atoms with Crippen molar-refractivity contribution in [3.63, 3.8) is 0 Å². The molecular formula is C22H30N2O6S2. The summed E-state index contributed by atoms with van der Waals surface area (Å²) < 4.78 is 68.4. The fourth-order valence-corrected chi connectivity index (χ4v) is 8.23. The van der Waals surface area contributed by atoms with Gasteiger partial charge in [-0.25, -0.2) is 16.8 Å². The van der Waals surface area contributed by atoms with Crippen molar-refractivity contribution in [2.75, 3.05) is 26.2 Å². The van der Waals surface area contributed by atoms with E-state index in [1.54, 1.807) is 24.3 Å². The van der Waals surface area contributed by atoms with Gasteiger partial charge >= 0.3 is 0 Å². The molecule has 0 radical (unpaired) electrons. The lowest BCUT2D eigenvalue weighted by molar-refractivity contribution is -0.0442. The van der Waals surface area contributed by atoms with Crippen LogP contribution in [0, 0.1) is 0 Å². The minimum atomic E-state index is -3.83. The number of sulfonamides is 2. The maximum absolute atomic E-state index is 13.5. The molecule has 32 heavy (non-hydrogen) atoms. The Balaban J connectivity index is 1.80. The minimum absolute atomic E-state index is 0.108. The molecule has 0 aliphatic carbocycles. The number of hydrogen-bond donors (Lipinski definition) is 0. The fourth-order valence-electron chi connectivity index (χ4n) is 4.63. The molecule has 0 unspecified atom stereocenters. The molecule has 0 bridgehead atoms. The summed E-state index contributed by atoms with van der Waals surface area (Å²) in [5, 5.41) is 0.796. The first kappa shape index (κ1) is 23.6. The van der Waals surface area contributed by atoms with Gasteiger partial charge in [0.1, 0.15) is 0 Å². The summed E-state index contributed by atoms with van der Waals surface area (Å²) in [5.41, 5.74) is 0. The average Bonchev–Trinajstić information content (AvgIpc) is 2.71. The molecule has 176 valence electrons. The Morgan fingerprint density at radius 2 is 0.938 bits per heavy atom. The van der Waals surface area contributed by atoms with Crippen LogP contribution in [0.4, 0.5) is 0 Å². The molecule has 2 saturated heterocycles. The highest BCUT2D eigenvalue weighted by atomic mass is 32.2. The van der Waals surface area contributed by atoms with Crippen molar-refractivity contribution in [1.82, 2.24) is 8.61 Å². The molecule has 2 aromatic rings. The summed E-state index contributed by atoms with van der Waals surface area (Å²) >= 11 is 0. The molecule has 0 aromatic heterocycles. The Bertz CT molecular complexity index is 1100. The van der Waals surface area contributed by atoms with Crippen molar-refractivity contribution in [3.05, 3.63) is 36.4 Å². The predicted molar refractivity (Wildman–Crippen MR) is 121 cm³/mol. The highest BCUT2D eigenvalue weighted by Crippen LogP contribution is 2.33. The lowest BCUT2D eigenvalue weighted by Gasteiger charge is -2.35. The lowest BCUT2D eigenvalue weighted by atomic mass is 10.1. The van der Waals surface area contributed by atoms with Crippen LogP contribution in [0.1, 0.15) is 27.7 Å². The van der Waals surface area contributed by atoms with Crippen LogP contribution in [0.3, 0.4) is 0 Å². The van der Waals surface area contributed by atoms with E-state index in [2.05, 4.69) is 0 Å². The number of fused-ring (bicyclic) bond motifs is 1. The van der Waals surface area contributed by atoms with E-state index in [0.717, 1.165) is 0 Å². The molecule has 2 fully saturated rings. The SMILES string of the molecule is C[C@@H]1CN(S(=O)(=O)c2cccc3c(S(=O)(=O)N4C[C@@H](C)O[C@@H](C)C4)cccc23)C[C@@H](C)O1. The van der Waals surface area contributed by atoms with Crippen molar-refractivity contribution in [1.29, 1.82) is 0 Å². The zero-order valence-corrected chi connectivity index (χ0v) is 20.4. The third-order valence-electron chi connectivity index (χ3n) is 5.85. The first-order chi connectivity index (χ1) is 15.0. The van der Waals surface area contributed by atoms with E-state index >= 15 is 0 Å². The highest BCUT2D eigenvalue weighted by molar-refractivity contribution is 7.89. The second-order valence-corrected chi connectivity index (χ2v) is 12.6. The molecule has 2 aliphatic heterocycles. The van der Waals surface area contributed by atoms with Crippen molar-refractivity contribution in [3.8, 4) is 0 Å². The maximum atomic E-state index is 13.5. The molecular weight excluding hydrogens is 452 g/mol. The molecule has 2 aliphatic rings. The number of benzene rings is 2. The van der Waals surface area contributed by atoms with Gasteiger partial charge in [0, 0.05) is 37.0 Å². The van der Waals surface area contributed by atoms with E-state index in [0.29, 0.717) is 10.8 Å². The second-order valence-electron chi connectivity index (χ2n) is 8.77. The van der Waals surface area contributed by atoms with Gasteiger partial charge in [-0.2, -0.15) is 8.61 Å². The monoisotopic (exact) mass is 482 g/mol. The summed E-state index contributed by atoms with van der Waals surface area (Å²) in [4.78, 5) is 0.217. The quantitative estimate of drug-likeness (QED) is 0.665. The van der Waals surface area contributed by atoms with Crippen molar-refractivity contribution >= 4 is 30.8 Å². The number of rotatable bonds is 4. The van der Waals surface area contributed by atoms with Gasteiger partial charge in [-0.05, 0) is 39.8 Å². The molecule has 4 atom stereocenters. The van der Waals surface area contributed by atoms with E-state index in [1.807, 2.05) is 27.7 Å². The molecule has 2 heterocycles. The highest BCUT2D eigenvalue weighted by Gasteiger charge is 2.35. The van der Waals surface area contributed by atoms with Gasteiger partial charge in [0.05, 0.1) is 34.2 Å². The second kappa shape index (κ2) is 8.66. The topological polar surface area (TPSA) is 93.2 Å². The Morgan fingerprint density at radius 3 is 1.25 bits per heavy atom. The van der Waals surface area contributed by atoms with E-state index in [1.165, 1.54) is 20.7 Å². The van der Waals surface area contributed by atoms with Crippen LogP contribution in [0.2, 0.25) is 0 Å². The predicted octanol–water partition coefficient (Wildman–Crippen LogP) is 2.44. The summed E-state index contributed by atoms with van der Waals surface area (Å²) in [6, 6.07) is 9.62. The first-order valence-corrected chi connectivity index (χ1v) is 13.7. The Kier molecular flexibility index (Phi) is 6.38. The molecule has 0 N–H and O–H groups in total. The summed E-state index contributed by atoms with van der Waals surface area (Å²) in [5.74, 6) is 0. The molecule has 0 amide bonds.